The molecule has 0 spiro atoms. The van der Waals surface area contributed by atoms with E-state index >= 15 is 0 Å². The van der Waals surface area contributed by atoms with E-state index in [2.05, 4.69) is 39.0 Å². The zero-order valence-corrected chi connectivity index (χ0v) is 12.3. The molecule has 3 heteroatoms. The van der Waals surface area contributed by atoms with Crippen LogP contribution in [-0.4, -0.2) is 5.52 Å². The van der Waals surface area contributed by atoms with Crippen molar-refractivity contribution in [1.82, 2.24) is 0 Å². The Kier molecular flexibility index (Phi) is 6.11. The Balaban J connectivity index is 0.000000191. The van der Waals surface area contributed by atoms with Gasteiger partial charge in [0.1, 0.15) is 0 Å². The lowest BCUT2D eigenvalue weighted by Gasteiger charge is -1.96. The summed E-state index contributed by atoms with van der Waals surface area (Å²) in [7, 11) is -0.445. The standard InChI is InChI=1S/C9H12.C7H5O2P/c1-7-4-8(2)6-9(3)5-7;8-7(10-9)6-4-2-1-3-5-6/h4-6H,1-3H3;1-5H. The van der Waals surface area contributed by atoms with Crippen LogP contribution in [0.2, 0.25) is 0 Å². The van der Waals surface area contributed by atoms with Gasteiger partial charge in [-0.1, -0.05) is 65.2 Å². The van der Waals surface area contributed by atoms with Crippen molar-refractivity contribution < 1.29 is 9.36 Å². The van der Waals surface area contributed by atoms with Crippen molar-refractivity contribution >= 4 is 14.0 Å². The average molecular weight is 272 g/mol. The molecule has 2 nitrogen and oxygen atoms in total. The van der Waals surface area contributed by atoms with Crippen molar-refractivity contribution in [3.63, 3.8) is 0 Å². The Morgan fingerprint density at radius 1 is 0.842 bits per heavy atom. The maximum absolute atomic E-state index is 10.7. The summed E-state index contributed by atoms with van der Waals surface area (Å²) >= 11 is 0. The zero-order valence-electron chi connectivity index (χ0n) is 11.4. The van der Waals surface area contributed by atoms with Gasteiger partial charge < -0.3 is 0 Å². The van der Waals surface area contributed by atoms with Gasteiger partial charge in [0.25, 0.3) is 5.52 Å². The highest BCUT2D eigenvalue weighted by molar-refractivity contribution is 7.47. The molecule has 0 N–H and O–H groups in total. The number of benzene rings is 2. The fourth-order valence-electron chi connectivity index (χ4n) is 1.84. The maximum atomic E-state index is 10.7. The summed E-state index contributed by atoms with van der Waals surface area (Å²) in [6, 6.07) is 15.1. The molecule has 0 aliphatic heterocycles. The summed E-state index contributed by atoms with van der Waals surface area (Å²) in [4.78, 5) is 10.7. The quantitative estimate of drug-likeness (QED) is 0.740. The van der Waals surface area contributed by atoms with Crippen LogP contribution in [-0.2, 0) is 4.57 Å². The van der Waals surface area contributed by atoms with E-state index < -0.39 is 8.46 Å². The molecule has 0 aliphatic rings. The number of hydrogen-bond acceptors (Lipinski definition) is 2. The van der Waals surface area contributed by atoms with Crippen LogP contribution in [0.3, 0.4) is 0 Å². The molecule has 2 rings (SSSR count). The summed E-state index contributed by atoms with van der Waals surface area (Å²) in [5.74, 6) is 0. The minimum Gasteiger partial charge on any atom is -0.280 e. The van der Waals surface area contributed by atoms with Crippen molar-refractivity contribution in [3.05, 3.63) is 70.8 Å². The fourth-order valence-corrected chi connectivity index (χ4v) is 2.09. The van der Waals surface area contributed by atoms with Gasteiger partial charge in [-0.3, -0.25) is 9.36 Å². The Morgan fingerprint density at radius 3 is 1.63 bits per heavy atom. The Bertz CT molecular complexity index is 512. The Morgan fingerprint density at radius 2 is 1.26 bits per heavy atom. The van der Waals surface area contributed by atoms with Gasteiger partial charge in [-0.15, -0.1) is 0 Å². The summed E-state index contributed by atoms with van der Waals surface area (Å²) < 4.78 is 10.1. The van der Waals surface area contributed by atoms with Crippen molar-refractivity contribution in [2.45, 2.75) is 20.8 Å². The number of carbonyl (C=O) groups is 1. The molecule has 98 valence electrons. The van der Waals surface area contributed by atoms with Crippen LogP contribution in [0.4, 0.5) is 0 Å². The minimum absolute atomic E-state index is 0.374. The SMILES string of the molecule is Cc1cc(C)cc(C)c1.O=PC(=O)c1ccccc1. The summed E-state index contributed by atoms with van der Waals surface area (Å²) in [6.07, 6.45) is 0. The van der Waals surface area contributed by atoms with Crippen LogP contribution in [0.15, 0.2) is 48.5 Å². The Labute approximate surface area is 115 Å². The molecule has 0 bridgehead atoms. The highest BCUT2D eigenvalue weighted by Crippen LogP contribution is 2.07. The second-order valence-electron chi connectivity index (χ2n) is 4.43. The van der Waals surface area contributed by atoms with Crippen LogP contribution in [0.25, 0.3) is 0 Å². The lowest BCUT2D eigenvalue weighted by atomic mass is 10.1. The predicted octanol–water partition coefficient (Wildman–Crippen LogP) is 4.73. The first-order valence-corrected chi connectivity index (χ1v) is 6.82. The van der Waals surface area contributed by atoms with Gasteiger partial charge in [0.2, 0.25) is 8.46 Å². The second-order valence-corrected chi connectivity index (χ2v) is 5.02. The second kappa shape index (κ2) is 7.60. The molecule has 0 unspecified atom stereocenters. The molecule has 0 atom stereocenters. The molecule has 0 heterocycles. The summed E-state index contributed by atoms with van der Waals surface area (Å²) in [5.41, 5.74) is 4.17. The Hall–Kier alpha value is -1.79. The van der Waals surface area contributed by atoms with Crippen LogP contribution < -0.4 is 0 Å². The third-order valence-electron chi connectivity index (χ3n) is 2.47. The van der Waals surface area contributed by atoms with E-state index in [-0.39, 0.29) is 5.52 Å². The summed E-state index contributed by atoms with van der Waals surface area (Å²) in [5, 5.41) is 0. The van der Waals surface area contributed by atoms with Crippen LogP contribution in [0.1, 0.15) is 27.0 Å². The van der Waals surface area contributed by atoms with Gasteiger partial charge in [-0.05, 0) is 20.8 Å². The van der Waals surface area contributed by atoms with Gasteiger partial charge in [-0.25, -0.2) is 0 Å². The van der Waals surface area contributed by atoms with Gasteiger partial charge in [-0.2, -0.15) is 0 Å². The lowest BCUT2D eigenvalue weighted by Crippen LogP contribution is -1.85. The molecule has 0 amide bonds. The molecule has 0 aromatic heterocycles. The number of carbonyl (C=O) groups excluding carboxylic acids is 1. The van der Waals surface area contributed by atoms with Gasteiger partial charge in [0.05, 0.1) is 0 Å². The smallest absolute Gasteiger partial charge is 0.253 e. The van der Waals surface area contributed by atoms with E-state index in [0.717, 1.165) is 0 Å². The van der Waals surface area contributed by atoms with Crippen molar-refractivity contribution in [2.75, 3.05) is 0 Å². The third-order valence-corrected chi connectivity index (χ3v) is 2.89. The highest BCUT2D eigenvalue weighted by Gasteiger charge is 2.01. The van der Waals surface area contributed by atoms with E-state index in [4.69, 9.17) is 0 Å². The van der Waals surface area contributed by atoms with E-state index in [1.54, 1.807) is 30.3 Å². The van der Waals surface area contributed by atoms with E-state index in [9.17, 15) is 9.36 Å². The highest BCUT2D eigenvalue weighted by atomic mass is 31.1. The molecule has 0 saturated carbocycles. The third kappa shape index (κ3) is 5.58. The number of hydrogen-bond donors (Lipinski definition) is 0. The van der Waals surface area contributed by atoms with Gasteiger partial charge in [0.15, 0.2) is 0 Å². The molecule has 19 heavy (non-hydrogen) atoms. The first-order valence-electron chi connectivity index (χ1n) is 6.00. The molecule has 0 fully saturated rings. The molecule has 0 saturated heterocycles. The summed E-state index contributed by atoms with van der Waals surface area (Å²) in [6.45, 7) is 6.38. The van der Waals surface area contributed by atoms with Crippen molar-refractivity contribution in [1.29, 1.82) is 0 Å². The van der Waals surface area contributed by atoms with E-state index in [1.165, 1.54) is 16.7 Å². The first-order chi connectivity index (χ1) is 9.02. The van der Waals surface area contributed by atoms with Crippen LogP contribution >= 0.6 is 8.46 Å². The van der Waals surface area contributed by atoms with Crippen LogP contribution in [0, 0.1) is 20.8 Å². The molecular weight excluding hydrogens is 255 g/mol. The molecule has 2 aromatic carbocycles. The lowest BCUT2D eigenvalue weighted by molar-refractivity contribution is 0.108. The predicted molar refractivity (Wildman–Crippen MR) is 79.0 cm³/mol. The van der Waals surface area contributed by atoms with Crippen molar-refractivity contribution in [2.24, 2.45) is 0 Å². The molecule has 0 radical (unpaired) electrons. The zero-order chi connectivity index (χ0) is 14.3. The van der Waals surface area contributed by atoms with E-state index in [1.807, 2.05) is 0 Å². The largest absolute Gasteiger partial charge is 0.280 e. The topological polar surface area (TPSA) is 34.1 Å². The minimum atomic E-state index is -0.445. The molecule has 2 aromatic rings. The average Bonchev–Trinajstić information content (AvgIpc) is 2.38. The van der Waals surface area contributed by atoms with Crippen molar-refractivity contribution in [3.8, 4) is 0 Å². The fraction of sp³-hybridized carbons (Fsp3) is 0.188. The number of rotatable bonds is 2. The van der Waals surface area contributed by atoms with Crippen LogP contribution in [0.5, 0.6) is 0 Å². The van der Waals surface area contributed by atoms with Gasteiger partial charge in [0, 0.05) is 5.56 Å². The molecular formula is C16H17O2P. The molecule has 0 aliphatic carbocycles. The number of aryl methyl sites for hydroxylation is 3. The first kappa shape index (κ1) is 15.3. The van der Waals surface area contributed by atoms with Gasteiger partial charge >= 0.3 is 0 Å². The normalized spacial score (nSPS) is 9.63. The van der Waals surface area contributed by atoms with E-state index in [0.29, 0.717) is 5.56 Å². The maximum Gasteiger partial charge on any atom is 0.253 e. The monoisotopic (exact) mass is 272 g/mol.